The highest BCUT2D eigenvalue weighted by Crippen LogP contribution is 2.27. The predicted molar refractivity (Wildman–Crippen MR) is 89.7 cm³/mol. The standard InChI is InChI=1S/C15H15BrClN3O3/c1-2-15(23,9-4-3-5-11(17)6-9)14(22)20-19-13(21)12-7-10(16)8-18-12/h3-8,18,23H,2H2,1H3,(H,19,21)(H,20,22)/t15-/m1/s1. The molecular formula is C15H15BrClN3O3. The third-order valence-corrected chi connectivity index (χ3v) is 4.06. The first-order valence-electron chi connectivity index (χ1n) is 6.80. The van der Waals surface area contributed by atoms with Crippen molar-refractivity contribution >= 4 is 39.3 Å². The number of hydrogen-bond acceptors (Lipinski definition) is 3. The summed E-state index contributed by atoms with van der Waals surface area (Å²) < 4.78 is 0.706. The fourth-order valence-corrected chi connectivity index (χ4v) is 2.56. The third-order valence-electron chi connectivity index (χ3n) is 3.37. The number of rotatable bonds is 4. The molecule has 23 heavy (non-hydrogen) atoms. The average molecular weight is 401 g/mol. The smallest absolute Gasteiger partial charge is 0.286 e. The second kappa shape index (κ2) is 7.16. The van der Waals surface area contributed by atoms with Crippen LogP contribution in [0.1, 0.15) is 29.4 Å². The minimum Gasteiger partial charge on any atom is -0.375 e. The Labute approximate surface area is 146 Å². The minimum atomic E-state index is -1.80. The van der Waals surface area contributed by atoms with Crippen LogP contribution in [0, 0.1) is 0 Å². The van der Waals surface area contributed by atoms with E-state index in [4.69, 9.17) is 11.6 Å². The molecule has 0 bridgehead atoms. The lowest BCUT2D eigenvalue weighted by molar-refractivity contribution is -0.142. The molecule has 1 heterocycles. The zero-order valence-electron chi connectivity index (χ0n) is 12.2. The number of hydrazine groups is 1. The van der Waals surface area contributed by atoms with E-state index in [0.717, 1.165) is 0 Å². The van der Waals surface area contributed by atoms with E-state index < -0.39 is 17.4 Å². The number of carbonyl (C=O) groups is 2. The van der Waals surface area contributed by atoms with E-state index >= 15 is 0 Å². The van der Waals surface area contributed by atoms with E-state index in [-0.39, 0.29) is 12.1 Å². The number of aliphatic hydroxyl groups is 1. The predicted octanol–water partition coefficient (Wildman–Crippen LogP) is 2.49. The Balaban J connectivity index is 2.09. The lowest BCUT2D eigenvalue weighted by Crippen LogP contribution is -2.51. The van der Waals surface area contributed by atoms with Gasteiger partial charge < -0.3 is 10.1 Å². The molecule has 2 amide bonds. The summed E-state index contributed by atoms with van der Waals surface area (Å²) in [6.07, 6.45) is 1.70. The van der Waals surface area contributed by atoms with Gasteiger partial charge in [-0.05, 0) is 46.1 Å². The van der Waals surface area contributed by atoms with Gasteiger partial charge in [-0.3, -0.25) is 20.4 Å². The van der Waals surface area contributed by atoms with Gasteiger partial charge in [-0.15, -0.1) is 0 Å². The van der Waals surface area contributed by atoms with E-state index in [2.05, 4.69) is 31.8 Å². The van der Waals surface area contributed by atoms with Crippen molar-refractivity contribution in [1.82, 2.24) is 15.8 Å². The summed E-state index contributed by atoms with van der Waals surface area (Å²) in [5.74, 6) is -1.28. The van der Waals surface area contributed by atoms with Crippen LogP contribution >= 0.6 is 27.5 Å². The molecule has 0 aliphatic rings. The van der Waals surface area contributed by atoms with E-state index in [1.165, 1.54) is 6.07 Å². The lowest BCUT2D eigenvalue weighted by Gasteiger charge is -2.26. The van der Waals surface area contributed by atoms with Crippen molar-refractivity contribution in [3.8, 4) is 0 Å². The summed E-state index contributed by atoms with van der Waals surface area (Å²) in [4.78, 5) is 26.9. The normalized spacial score (nSPS) is 13.2. The number of carbonyl (C=O) groups excluding carboxylic acids is 2. The maximum absolute atomic E-state index is 12.3. The highest BCUT2D eigenvalue weighted by molar-refractivity contribution is 9.10. The van der Waals surface area contributed by atoms with Gasteiger partial charge in [0, 0.05) is 15.7 Å². The summed E-state index contributed by atoms with van der Waals surface area (Å²) in [6, 6.07) is 7.95. The highest BCUT2D eigenvalue weighted by Gasteiger charge is 2.36. The number of aromatic amines is 1. The fraction of sp³-hybridized carbons (Fsp3) is 0.200. The second-order valence-electron chi connectivity index (χ2n) is 4.86. The Bertz CT molecular complexity index is 734. The second-order valence-corrected chi connectivity index (χ2v) is 6.22. The zero-order chi connectivity index (χ0) is 17.0. The molecule has 0 spiro atoms. The summed E-state index contributed by atoms with van der Waals surface area (Å²) in [6.45, 7) is 1.66. The topological polar surface area (TPSA) is 94.2 Å². The Morgan fingerprint density at radius 3 is 2.65 bits per heavy atom. The molecule has 122 valence electrons. The quantitative estimate of drug-likeness (QED) is 0.594. The van der Waals surface area contributed by atoms with Gasteiger partial charge >= 0.3 is 0 Å². The molecule has 0 saturated carbocycles. The van der Waals surface area contributed by atoms with E-state index in [1.54, 1.807) is 37.4 Å². The van der Waals surface area contributed by atoms with Crippen LogP contribution in [-0.2, 0) is 10.4 Å². The molecule has 1 aromatic heterocycles. The highest BCUT2D eigenvalue weighted by atomic mass is 79.9. The molecule has 4 N–H and O–H groups in total. The van der Waals surface area contributed by atoms with Gasteiger partial charge in [0.05, 0.1) is 0 Å². The van der Waals surface area contributed by atoms with Crippen LogP contribution in [0.4, 0.5) is 0 Å². The average Bonchev–Trinajstić information content (AvgIpc) is 2.98. The van der Waals surface area contributed by atoms with Crippen LogP contribution < -0.4 is 10.9 Å². The largest absolute Gasteiger partial charge is 0.375 e. The van der Waals surface area contributed by atoms with Gasteiger partial charge in [0.2, 0.25) is 0 Å². The van der Waals surface area contributed by atoms with Crippen LogP contribution in [-0.4, -0.2) is 21.9 Å². The van der Waals surface area contributed by atoms with Gasteiger partial charge in [-0.1, -0.05) is 30.7 Å². The number of benzene rings is 1. The van der Waals surface area contributed by atoms with Gasteiger partial charge in [0.1, 0.15) is 5.69 Å². The molecule has 0 aliphatic heterocycles. The maximum Gasteiger partial charge on any atom is 0.286 e. The Hall–Kier alpha value is -1.83. The van der Waals surface area contributed by atoms with Crippen molar-refractivity contribution in [2.45, 2.75) is 18.9 Å². The molecular weight excluding hydrogens is 386 g/mol. The van der Waals surface area contributed by atoms with Crippen LogP contribution in [0.25, 0.3) is 0 Å². The van der Waals surface area contributed by atoms with Crippen molar-refractivity contribution in [2.24, 2.45) is 0 Å². The molecule has 1 aromatic carbocycles. The van der Waals surface area contributed by atoms with Crippen LogP contribution in [0.5, 0.6) is 0 Å². The van der Waals surface area contributed by atoms with E-state index in [0.29, 0.717) is 15.1 Å². The number of halogens is 2. The van der Waals surface area contributed by atoms with Gasteiger partial charge in [-0.25, -0.2) is 0 Å². The first kappa shape index (κ1) is 17.5. The Morgan fingerprint density at radius 1 is 1.35 bits per heavy atom. The van der Waals surface area contributed by atoms with E-state index in [9.17, 15) is 14.7 Å². The Morgan fingerprint density at radius 2 is 2.09 bits per heavy atom. The minimum absolute atomic E-state index is 0.114. The number of hydrogen-bond donors (Lipinski definition) is 4. The molecule has 0 aliphatic carbocycles. The Kier molecular flexibility index (Phi) is 5.46. The molecule has 0 unspecified atom stereocenters. The summed E-state index contributed by atoms with van der Waals surface area (Å²) in [5, 5.41) is 11.0. The van der Waals surface area contributed by atoms with Crippen molar-refractivity contribution in [3.05, 3.63) is 57.3 Å². The van der Waals surface area contributed by atoms with E-state index in [1.807, 2.05) is 0 Å². The van der Waals surface area contributed by atoms with Crippen LogP contribution in [0.2, 0.25) is 5.02 Å². The van der Waals surface area contributed by atoms with Gasteiger partial charge in [0.15, 0.2) is 5.60 Å². The molecule has 8 heteroatoms. The molecule has 0 saturated heterocycles. The monoisotopic (exact) mass is 399 g/mol. The third kappa shape index (κ3) is 3.93. The van der Waals surface area contributed by atoms with Crippen LogP contribution in [0.3, 0.4) is 0 Å². The summed E-state index contributed by atoms with van der Waals surface area (Å²) in [7, 11) is 0. The number of aromatic nitrogens is 1. The fourth-order valence-electron chi connectivity index (χ4n) is 2.02. The summed E-state index contributed by atoms with van der Waals surface area (Å²) in [5.41, 5.74) is 3.30. The van der Waals surface area contributed by atoms with Gasteiger partial charge in [0.25, 0.3) is 11.8 Å². The van der Waals surface area contributed by atoms with Crippen molar-refractivity contribution < 1.29 is 14.7 Å². The maximum atomic E-state index is 12.3. The van der Waals surface area contributed by atoms with Crippen LogP contribution in [0.15, 0.2) is 41.0 Å². The van der Waals surface area contributed by atoms with Gasteiger partial charge in [-0.2, -0.15) is 0 Å². The first-order valence-corrected chi connectivity index (χ1v) is 7.97. The molecule has 1 atom stereocenters. The number of amides is 2. The van der Waals surface area contributed by atoms with Crippen molar-refractivity contribution in [3.63, 3.8) is 0 Å². The number of nitrogens with one attached hydrogen (secondary N) is 3. The SMILES string of the molecule is CC[C@](O)(C(=O)NNC(=O)c1cc(Br)c[nH]1)c1cccc(Cl)c1. The lowest BCUT2D eigenvalue weighted by atomic mass is 9.90. The first-order chi connectivity index (χ1) is 10.9. The zero-order valence-corrected chi connectivity index (χ0v) is 14.5. The summed E-state index contributed by atoms with van der Waals surface area (Å²) >= 11 is 9.11. The molecule has 6 nitrogen and oxygen atoms in total. The number of H-pyrrole nitrogens is 1. The molecule has 2 rings (SSSR count). The van der Waals surface area contributed by atoms with Crippen molar-refractivity contribution in [1.29, 1.82) is 0 Å². The molecule has 0 radical (unpaired) electrons. The van der Waals surface area contributed by atoms with Crippen molar-refractivity contribution in [2.75, 3.05) is 0 Å². The molecule has 2 aromatic rings. The molecule has 0 fully saturated rings.